The number of thiocarbonyl (C=S) groups is 1. The van der Waals surface area contributed by atoms with Crippen LogP contribution < -0.4 is 11.1 Å². The van der Waals surface area contributed by atoms with Crippen molar-refractivity contribution in [1.82, 2.24) is 15.1 Å². The van der Waals surface area contributed by atoms with E-state index >= 15 is 0 Å². The lowest BCUT2D eigenvalue weighted by molar-refractivity contribution is -0.150. The quantitative estimate of drug-likeness (QED) is 0.151. The van der Waals surface area contributed by atoms with Crippen molar-refractivity contribution in [2.24, 2.45) is 5.73 Å². The third-order valence-electron chi connectivity index (χ3n) is 8.98. The lowest BCUT2D eigenvalue weighted by atomic mass is 9.93. The first kappa shape index (κ1) is 42.0. The number of ether oxygens (including phenoxy) is 1. The third kappa shape index (κ3) is 13.3. The topological polar surface area (TPSA) is 125 Å². The predicted molar refractivity (Wildman–Crippen MR) is 213 cm³/mol. The van der Waals surface area contributed by atoms with Crippen molar-refractivity contribution in [3.8, 4) is 0 Å². The van der Waals surface area contributed by atoms with E-state index in [0.29, 0.717) is 37.2 Å². The Bertz CT molecular complexity index is 1590. The van der Waals surface area contributed by atoms with E-state index in [0.717, 1.165) is 31.4 Å². The molecule has 52 heavy (non-hydrogen) atoms. The Kier molecular flexibility index (Phi) is 17.7. The van der Waals surface area contributed by atoms with Crippen molar-refractivity contribution in [2.45, 2.75) is 83.8 Å². The van der Waals surface area contributed by atoms with Gasteiger partial charge < -0.3 is 25.4 Å². The van der Waals surface area contributed by atoms with E-state index in [2.05, 4.69) is 91.1 Å². The summed E-state index contributed by atoms with van der Waals surface area (Å²) < 4.78 is 5.14. The number of likely N-dealkylation sites (tertiary alicyclic amines) is 1. The summed E-state index contributed by atoms with van der Waals surface area (Å²) in [5, 5.41) is 12.3. The summed E-state index contributed by atoms with van der Waals surface area (Å²) in [6, 6.07) is 25.4. The number of hydrogen-bond acceptors (Lipinski definition) is 7. The molecule has 3 atom stereocenters. The van der Waals surface area contributed by atoms with Crippen LogP contribution in [0.4, 0.5) is 0 Å². The van der Waals surface area contributed by atoms with Gasteiger partial charge in [0.15, 0.2) is 0 Å². The first-order valence-corrected chi connectivity index (χ1v) is 18.6. The number of carbonyl (C=O) groups is 3. The van der Waals surface area contributed by atoms with Crippen LogP contribution in [0.5, 0.6) is 0 Å². The fourth-order valence-corrected chi connectivity index (χ4v) is 6.48. The smallest absolute Gasteiger partial charge is 0.326 e. The van der Waals surface area contributed by atoms with Crippen molar-refractivity contribution in [2.75, 3.05) is 33.8 Å². The zero-order valence-electron chi connectivity index (χ0n) is 31.3. The van der Waals surface area contributed by atoms with Crippen LogP contribution in [0.25, 0.3) is 5.57 Å². The van der Waals surface area contributed by atoms with Gasteiger partial charge in [-0.15, -0.1) is 0 Å². The van der Waals surface area contributed by atoms with E-state index in [4.69, 9.17) is 10.5 Å². The molecule has 5 rings (SSSR count). The van der Waals surface area contributed by atoms with E-state index in [1.807, 2.05) is 30.3 Å². The van der Waals surface area contributed by atoms with Crippen molar-refractivity contribution in [3.63, 3.8) is 0 Å². The van der Waals surface area contributed by atoms with Gasteiger partial charge in [0.1, 0.15) is 12.1 Å². The molecule has 0 unspecified atom stereocenters. The molecule has 1 aliphatic heterocycles. The molecular formula is C42H56N4O5S. The lowest BCUT2D eigenvalue weighted by Crippen LogP contribution is -2.53. The summed E-state index contributed by atoms with van der Waals surface area (Å²) in [5.74, 6) is -1.68. The number of carboxylic acid groups (broad SMARTS) is 1. The summed E-state index contributed by atoms with van der Waals surface area (Å²) >= 11 is 4.31. The van der Waals surface area contributed by atoms with Gasteiger partial charge in [0.05, 0.1) is 17.6 Å². The molecule has 4 N–H and O–H groups in total. The average molecular weight is 729 g/mol. The first-order chi connectivity index (χ1) is 24.9. The van der Waals surface area contributed by atoms with Gasteiger partial charge in [-0.2, -0.15) is 0 Å². The van der Waals surface area contributed by atoms with E-state index in [1.165, 1.54) is 32.7 Å². The molecular weight excluding hydrogens is 673 g/mol. The van der Waals surface area contributed by atoms with Crippen LogP contribution in [-0.2, 0) is 38.4 Å². The standard InChI is InChI=1S/C20H28N2O5.C20H23N.C2H5NS/c1-3-27-20(26)16(12-11-15-8-5-4-6-9-15)21-14(2)18(23)22-13-7-10-17(22)19(24)25;1-21(2)15-7-12-20-18-10-5-3-8-16(18)13-14-17-9-4-6-11-19(17)20;1-2(3)4/h4-6,8-9,14,16-17,21H,3,7,10-13H2,1-2H3,(H,24,25);3-6,8-12H,7,13-15H2,1-2H3;1H3,(H2,3,4)/t14-,16-,17-;;/m0../s1. The van der Waals surface area contributed by atoms with Gasteiger partial charge in [-0.05, 0) is 113 Å². The minimum Gasteiger partial charge on any atom is -0.480 e. The summed E-state index contributed by atoms with van der Waals surface area (Å²) in [7, 11) is 4.26. The molecule has 1 amide bonds. The molecule has 0 radical (unpaired) electrons. The monoisotopic (exact) mass is 728 g/mol. The second-order valence-corrected chi connectivity index (χ2v) is 14.0. The molecule has 10 heteroatoms. The number of nitrogens with two attached hydrogens (primary N) is 1. The number of rotatable bonds is 12. The highest BCUT2D eigenvalue weighted by Gasteiger charge is 2.37. The highest BCUT2D eigenvalue weighted by atomic mass is 32.1. The maximum Gasteiger partial charge on any atom is 0.326 e. The molecule has 280 valence electrons. The Morgan fingerprint density at radius 1 is 1.00 bits per heavy atom. The Balaban J connectivity index is 0.000000260. The second kappa shape index (κ2) is 21.9. The van der Waals surface area contributed by atoms with Crippen molar-refractivity contribution in [3.05, 3.63) is 113 Å². The number of carboxylic acids is 1. The van der Waals surface area contributed by atoms with Crippen LogP contribution >= 0.6 is 12.2 Å². The molecule has 1 aliphatic carbocycles. The Morgan fingerprint density at radius 3 is 2.10 bits per heavy atom. The lowest BCUT2D eigenvalue weighted by Gasteiger charge is -2.27. The van der Waals surface area contributed by atoms with Crippen LogP contribution in [0.2, 0.25) is 0 Å². The van der Waals surface area contributed by atoms with Crippen molar-refractivity contribution in [1.29, 1.82) is 0 Å². The summed E-state index contributed by atoms with van der Waals surface area (Å²) in [6.07, 6.45) is 8.07. The summed E-state index contributed by atoms with van der Waals surface area (Å²) in [6.45, 7) is 6.85. The van der Waals surface area contributed by atoms with Crippen molar-refractivity contribution >= 4 is 40.6 Å². The van der Waals surface area contributed by atoms with Gasteiger partial charge in [-0.3, -0.25) is 14.9 Å². The number of nitrogens with zero attached hydrogens (tertiary/aromatic N) is 2. The molecule has 0 bridgehead atoms. The van der Waals surface area contributed by atoms with Crippen LogP contribution in [-0.4, -0.2) is 89.7 Å². The number of esters is 1. The SMILES string of the molecule is CC(N)=S.CCOC(=O)[C@H](CCc1ccccc1)N[C@@H](C)C(=O)N1CCC[C@H]1C(=O)O.CN(C)CCC=C1c2ccccc2CCc2ccccc21. The van der Waals surface area contributed by atoms with E-state index in [-0.39, 0.29) is 12.5 Å². The third-order valence-corrected chi connectivity index (χ3v) is 8.98. The maximum absolute atomic E-state index is 12.7. The van der Waals surface area contributed by atoms with Gasteiger partial charge >= 0.3 is 11.9 Å². The minimum atomic E-state index is -0.987. The number of benzene rings is 3. The number of hydrogen-bond donors (Lipinski definition) is 3. The number of nitrogens with one attached hydrogen (secondary N) is 1. The molecule has 0 spiro atoms. The zero-order chi connectivity index (χ0) is 38.0. The van der Waals surface area contributed by atoms with Gasteiger partial charge in [0, 0.05) is 13.1 Å². The highest BCUT2D eigenvalue weighted by Crippen LogP contribution is 2.33. The predicted octanol–water partition coefficient (Wildman–Crippen LogP) is 6.07. The van der Waals surface area contributed by atoms with E-state index in [1.54, 1.807) is 20.8 Å². The van der Waals surface area contributed by atoms with Crippen LogP contribution in [0.3, 0.4) is 0 Å². The molecule has 0 aromatic heterocycles. The Morgan fingerprint density at radius 2 is 1.56 bits per heavy atom. The molecule has 3 aromatic carbocycles. The highest BCUT2D eigenvalue weighted by molar-refractivity contribution is 7.80. The summed E-state index contributed by atoms with van der Waals surface area (Å²) in [5.41, 5.74) is 13.1. The van der Waals surface area contributed by atoms with Gasteiger partial charge in [-0.25, -0.2) is 4.79 Å². The van der Waals surface area contributed by atoms with Crippen LogP contribution in [0, 0.1) is 0 Å². The first-order valence-electron chi connectivity index (χ1n) is 18.2. The van der Waals surface area contributed by atoms with Crippen LogP contribution in [0.1, 0.15) is 74.3 Å². The molecule has 3 aromatic rings. The fourth-order valence-electron chi connectivity index (χ4n) is 6.48. The minimum absolute atomic E-state index is 0.262. The fraction of sp³-hybridized carbons (Fsp3) is 0.429. The van der Waals surface area contributed by atoms with Gasteiger partial charge in [-0.1, -0.05) is 97.2 Å². The molecule has 9 nitrogen and oxygen atoms in total. The Hall–Kier alpha value is -4.38. The number of aryl methyl sites for hydroxylation is 3. The normalized spacial score (nSPS) is 15.7. The van der Waals surface area contributed by atoms with Gasteiger partial charge in [0.25, 0.3) is 0 Å². The van der Waals surface area contributed by atoms with Gasteiger partial charge in [0.2, 0.25) is 5.91 Å². The number of aliphatic carboxylic acids is 1. The van der Waals surface area contributed by atoms with E-state index in [9.17, 15) is 19.5 Å². The molecule has 1 fully saturated rings. The number of carbonyl (C=O) groups excluding carboxylic acids is 2. The Labute approximate surface area is 315 Å². The largest absolute Gasteiger partial charge is 0.480 e. The number of amides is 1. The average Bonchev–Trinajstić information content (AvgIpc) is 3.56. The summed E-state index contributed by atoms with van der Waals surface area (Å²) in [4.78, 5) is 40.5. The second-order valence-electron chi connectivity index (χ2n) is 13.4. The van der Waals surface area contributed by atoms with Crippen molar-refractivity contribution < 1.29 is 24.2 Å². The number of fused-ring (bicyclic) bond motifs is 2. The molecule has 2 aliphatic rings. The molecule has 0 saturated carbocycles. The molecule has 1 saturated heterocycles. The van der Waals surface area contributed by atoms with E-state index < -0.39 is 30.1 Å². The zero-order valence-corrected chi connectivity index (χ0v) is 32.2. The maximum atomic E-state index is 12.7. The van der Waals surface area contributed by atoms with Crippen LogP contribution in [0.15, 0.2) is 84.9 Å². The molecule has 1 heterocycles.